The molecular formula is C23H14ClN3O2. The number of fused-ring (bicyclic) bond motifs is 1. The Morgan fingerprint density at radius 1 is 0.793 bits per heavy atom. The number of ketones is 1. The first kappa shape index (κ1) is 17.4. The number of carbonyl (C=O) groups is 1. The average molecular weight is 400 g/mol. The van der Waals surface area contributed by atoms with Gasteiger partial charge in [-0.2, -0.15) is 0 Å². The maximum absolute atomic E-state index is 13.1. The van der Waals surface area contributed by atoms with E-state index < -0.39 is 0 Å². The van der Waals surface area contributed by atoms with Crippen LogP contribution in [0.25, 0.3) is 28.4 Å². The fourth-order valence-corrected chi connectivity index (χ4v) is 3.74. The summed E-state index contributed by atoms with van der Waals surface area (Å²) in [7, 11) is 0. The van der Waals surface area contributed by atoms with Gasteiger partial charge in [0, 0.05) is 21.7 Å². The number of carbonyl (C=O) groups excluding carboxylic acids is 1. The van der Waals surface area contributed by atoms with Crippen molar-refractivity contribution in [3.63, 3.8) is 0 Å². The van der Waals surface area contributed by atoms with Gasteiger partial charge in [-0.05, 0) is 18.2 Å². The van der Waals surface area contributed by atoms with Crippen molar-refractivity contribution >= 4 is 28.7 Å². The molecule has 0 bridgehead atoms. The van der Waals surface area contributed by atoms with Gasteiger partial charge in [0.2, 0.25) is 5.78 Å². The molecule has 6 heteroatoms. The van der Waals surface area contributed by atoms with E-state index in [0.29, 0.717) is 27.7 Å². The van der Waals surface area contributed by atoms with Crippen LogP contribution in [0.1, 0.15) is 21.7 Å². The van der Waals surface area contributed by atoms with Crippen LogP contribution in [-0.4, -0.2) is 25.7 Å². The second-order valence-electron chi connectivity index (χ2n) is 6.63. The number of nitrogens with zero attached hydrogens (tertiary/aromatic N) is 3. The third-order valence-corrected chi connectivity index (χ3v) is 5.11. The fourth-order valence-electron chi connectivity index (χ4n) is 3.55. The summed E-state index contributed by atoms with van der Waals surface area (Å²) < 4.78 is 1.75. The highest BCUT2D eigenvalue weighted by Gasteiger charge is 2.34. The molecular weight excluding hydrogens is 386 g/mol. The molecule has 1 N–H and O–H groups in total. The first-order chi connectivity index (χ1) is 14.1. The van der Waals surface area contributed by atoms with Gasteiger partial charge >= 0.3 is 0 Å². The van der Waals surface area contributed by atoms with Gasteiger partial charge in [0.05, 0.1) is 5.69 Å². The van der Waals surface area contributed by atoms with E-state index in [0.717, 1.165) is 5.56 Å². The van der Waals surface area contributed by atoms with E-state index in [1.807, 2.05) is 42.5 Å². The minimum absolute atomic E-state index is 0.0964. The van der Waals surface area contributed by atoms with Crippen molar-refractivity contribution in [2.24, 2.45) is 0 Å². The van der Waals surface area contributed by atoms with Crippen molar-refractivity contribution in [1.29, 1.82) is 0 Å². The average Bonchev–Trinajstić information content (AvgIpc) is 3.28. The summed E-state index contributed by atoms with van der Waals surface area (Å²) in [5, 5.41) is 20.0. The van der Waals surface area contributed by atoms with Crippen LogP contribution in [0.3, 0.4) is 0 Å². The lowest BCUT2D eigenvalue weighted by atomic mass is 10.1. The SMILES string of the molecule is O=C1C(c2nnc(-c3ccccc3)n2-c2cccc(Cl)c2)=C(O)c2ccccc21. The van der Waals surface area contributed by atoms with Crippen molar-refractivity contribution in [2.45, 2.75) is 0 Å². The second-order valence-corrected chi connectivity index (χ2v) is 7.06. The molecule has 0 unspecified atom stereocenters. The molecule has 5 nitrogen and oxygen atoms in total. The van der Waals surface area contributed by atoms with Gasteiger partial charge < -0.3 is 5.11 Å². The van der Waals surface area contributed by atoms with Crippen LogP contribution in [-0.2, 0) is 0 Å². The number of aliphatic hydroxyl groups excluding tert-OH is 1. The van der Waals surface area contributed by atoms with Gasteiger partial charge in [0.25, 0.3) is 0 Å². The molecule has 4 aromatic rings. The van der Waals surface area contributed by atoms with Crippen molar-refractivity contribution in [1.82, 2.24) is 14.8 Å². The molecule has 0 atom stereocenters. The Kier molecular flexibility index (Phi) is 4.03. The lowest BCUT2D eigenvalue weighted by Gasteiger charge is -2.11. The topological polar surface area (TPSA) is 68.0 Å². The first-order valence-corrected chi connectivity index (χ1v) is 9.37. The number of hydrogen-bond acceptors (Lipinski definition) is 4. The summed E-state index contributed by atoms with van der Waals surface area (Å²) in [6, 6.07) is 23.7. The smallest absolute Gasteiger partial charge is 0.201 e. The van der Waals surface area contributed by atoms with E-state index in [2.05, 4.69) is 10.2 Å². The van der Waals surface area contributed by atoms with Crippen molar-refractivity contribution < 1.29 is 9.90 Å². The molecule has 1 aliphatic carbocycles. The minimum atomic E-state index is -0.284. The molecule has 0 aliphatic heterocycles. The number of Topliss-reactive ketones (excluding diaryl/α,β-unsaturated/α-hetero) is 1. The van der Waals surface area contributed by atoms with Gasteiger partial charge in [-0.25, -0.2) is 0 Å². The van der Waals surface area contributed by atoms with Gasteiger partial charge in [-0.3, -0.25) is 9.36 Å². The van der Waals surface area contributed by atoms with E-state index >= 15 is 0 Å². The van der Waals surface area contributed by atoms with Crippen LogP contribution in [0.5, 0.6) is 0 Å². The lowest BCUT2D eigenvalue weighted by Crippen LogP contribution is -2.07. The molecule has 0 spiro atoms. The summed E-state index contributed by atoms with van der Waals surface area (Å²) in [6.07, 6.45) is 0. The van der Waals surface area contributed by atoms with Crippen LogP contribution < -0.4 is 0 Å². The van der Waals surface area contributed by atoms with Crippen LogP contribution in [0, 0.1) is 0 Å². The Morgan fingerprint density at radius 2 is 1.48 bits per heavy atom. The molecule has 0 fully saturated rings. The highest BCUT2D eigenvalue weighted by molar-refractivity contribution is 6.38. The molecule has 1 aliphatic rings. The van der Waals surface area contributed by atoms with Gasteiger partial charge in [-0.1, -0.05) is 72.3 Å². The maximum Gasteiger partial charge on any atom is 0.201 e. The Labute approximate surface area is 171 Å². The van der Waals surface area contributed by atoms with E-state index in [4.69, 9.17) is 11.6 Å². The highest BCUT2D eigenvalue weighted by atomic mass is 35.5. The Bertz CT molecular complexity index is 1290. The number of aromatic nitrogens is 3. The largest absolute Gasteiger partial charge is 0.506 e. The summed E-state index contributed by atoms with van der Waals surface area (Å²) >= 11 is 6.22. The highest BCUT2D eigenvalue weighted by Crippen LogP contribution is 2.38. The van der Waals surface area contributed by atoms with Crippen LogP contribution in [0.2, 0.25) is 5.02 Å². The molecule has 0 saturated heterocycles. The van der Waals surface area contributed by atoms with E-state index in [-0.39, 0.29) is 22.9 Å². The Balaban J connectivity index is 1.79. The molecule has 0 amide bonds. The fraction of sp³-hybridized carbons (Fsp3) is 0. The number of hydrogen-bond donors (Lipinski definition) is 1. The molecule has 140 valence electrons. The second kappa shape index (κ2) is 6.72. The molecule has 1 heterocycles. The molecule has 0 radical (unpaired) electrons. The minimum Gasteiger partial charge on any atom is -0.506 e. The zero-order chi connectivity index (χ0) is 20.0. The third kappa shape index (κ3) is 2.75. The van der Waals surface area contributed by atoms with Crippen LogP contribution >= 0.6 is 11.6 Å². The van der Waals surface area contributed by atoms with Crippen LogP contribution in [0.4, 0.5) is 0 Å². The number of benzene rings is 3. The molecule has 5 rings (SSSR count). The lowest BCUT2D eigenvalue weighted by molar-refractivity contribution is 0.105. The van der Waals surface area contributed by atoms with Crippen molar-refractivity contribution in [3.05, 3.63) is 101 Å². The molecule has 1 aromatic heterocycles. The van der Waals surface area contributed by atoms with Gasteiger partial charge in [0.1, 0.15) is 11.3 Å². The number of halogens is 1. The summed E-state index contributed by atoms with van der Waals surface area (Å²) in [5.74, 6) is 0.436. The molecule has 29 heavy (non-hydrogen) atoms. The predicted molar refractivity (Wildman–Crippen MR) is 112 cm³/mol. The monoisotopic (exact) mass is 399 g/mol. The summed E-state index contributed by atoms with van der Waals surface area (Å²) in [5.41, 5.74) is 2.59. The number of allylic oxidation sites excluding steroid dienone is 1. The van der Waals surface area contributed by atoms with Crippen molar-refractivity contribution in [2.75, 3.05) is 0 Å². The van der Waals surface area contributed by atoms with Crippen LogP contribution in [0.15, 0.2) is 78.9 Å². The standard InChI is InChI=1S/C23H14ClN3O2/c24-15-9-6-10-16(13-15)27-22(14-7-2-1-3-8-14)25-26-23(27)19-20(28)17-11-4-5-12-18(17)21(19)29/h1-13,28H. The van der Waals surface area contributed by atoms with Gasteiger partial charge in [-0.15, -0.1) is 10.2 Å². The normalized spacial score (nSPS) is 13.1. The first-order valence-electron chi connectivity index (χ1n) is 8.99. The quantitative estimate of drug-likeness (QED) is 0.513. The predicted octanol–water partition coefficient (Wildman–Crippen LogP) is 5.21. The van der Waals surface area contributed by atoms with Gasteiger partial charge in [0.15, 0.2) is 11.6 Å². The Hall–Kier alpha value is -3.70. The van der Waals surface area contributed by atoms with Crippen molar-refractivity contribution in [3.8, 4) is 17.1 Å². The van der Waals surface area contributed by atoms with E-state index in [1.165, 1.54) is 0 Å². The molecule has 0 saturated carbocycles. The third-order valence-electron chi connectivity index (χ3n) is 4.88. The Morgan fingerprint density at radius 3 is 2.21 bits per heavy atom. The number of aliphatic hydroxyl groups is 1. The maximum atomic E-state index is 13.1. The zero-order valence-corrected chi connectivity index (χ0v) is 15.8. The summed E-state index contributed by atoms with van der Waals surface area (Å²) in [4.78, 5) is 13.1. The zero-order valence-electron chi connectivity index (χ0n) is 15.1. The summed E-state index contributed by atoms with van der Waals surface area (Å²) in [6.45, 7) is 0. The van der Waals surface area contributed by atoms with E-state index in [9.17, 15) is 9.90 Å². The molecule has 3 aromatic carbocycles. The number of rotatable bonds is 3. The van der Waals surface area contributed by atoms with E-state index in [1.54, 1.807) is 41.0 Å².